The van der Waals surface area contributed by atoms with E-state index in [1.165, 1.54) is 0 Å². The number of hydrogen-bond acceptors (Lipinski definition) is 4. The van der Waals surface area contributed by atoms with Crippen LogP contribution in [0.4, 0.5) is 5.95 Å². The van der Waals surface area contributed by atoms with Gasteiger partial charge in [0, 0.05) is 43.0 Å². The van der Waals surface area contributed by atoms with Gasteiger partial charge in [-0.1, -0.05) is 0 Å². The molecular weight excluding hydrogens is 220 g/mol. The highest BCUT2D eigenvalue weighted by Crippen LogP contribution is 2.12. The summed E-state index contributed by atoms with van der Waals surface area (Å²) in [5.74, 6) is 0.937. The summed E-state index contributed by atoms with van der Waals surface area (Å²) in [5, 5.41) is 6.50. The lowest BCUT2D eigenvalue weighted by Crippen LogP contribution is -2.11. The molecule has 1 N–H and O–H groups in total. The van der Waals surface area contributed by atoms with E-state index in [4.69, 9.17) is 0 Å². The lowest BCUT2D eigenvalue weighted by molar-refractivity contribution is 0.604. The Morgan fingerprint density at radius 2 is 2.25 bits per heavy atom. The van der Waals surface area contributed by atoms with E-state index in [1.807, 2.05) is 24.0 Å². The molecule has 86 valence electrons. The van der Waals surface area contributed by atoms with Crippen molar-refractivity contribution in [2.45, 2.75) is 26.3 Å². The van der Waals surface area contributed by atoms with E-state index in [1.54, 1.807) is 11.3 Å². The molecule has 16 heavy (non-hydrogen) atoms. The number of nitrogens with zero attached hydrogens (tertiary/aromatic N) is 3. The first-order valence-corrected chi connectivity index (χ1v) is 6.30. The molecule has 0 aliphatic rings. The number of thiazole rings is 1. The number of imidazole rings is 1. The second kappa shape index (κ2) is 5.12. The first-order valence-electron chi connectivity index (χ1n) is 5.42. The van der Waals surface area contributed by atoms with Gasteiger partial charge in [-0.2, -0.15) is 0 Å². The van der Waals surface area contributed by atoms with E-state index in [0.29, 0.717) is 6.04 Å². The normalized spacial score (nSPS) is 10.9. The number of aromatic nitrogens is 3. The average Bonchev–Trinajstić information content (AvgIpc) is 2.87. The van der Waals surface area contributed by atoms with E-state index < -0.39 is 0 Å². The van der Waals surface area contributed by atoms with Gasteiger partial charge in [0.15, 0.2) is 0 Å². The molecule has 4 nitrogen and oxygen atoms in total. The first-order chi connectivity index (χ1) is 7.77. The molecule has 0 spiro atoms. The third-order valence-corrected chi connectivity index (χ3v) is 3.17. The Bertz CT molecular complexity index is 419. The fourth-order valence-corrected chi connectivity index (χ4v) is 2.14. The predicted molar refractivity (Wildman–Crippen MR) is 66.9 cm³/mol. The Hall–Kier alpha value is -1.36. The topological polar surface area (TPSA) is 42.7 Å². The summed E-state index contributed by atoms with van der Waals surface area (Å²) >= 11 is 1.69. The van der Waals surface area contributed by atoms with Crippen molar-refractivity contribution in [1.82, 2.24) is 14.5 Å². The van der Waals surface area contributed by atoms with Gasteiger partial charge in [0.1, 0.15) is 0 Å². The minimum Gasteiger partial charge on any atom is -0.355 e. The van der Waals surface area contributed by atoms with Gasteiger partial charge in [-0.05, 0) is 13.8 Å². The Labute approximate surface area is 99.4 Å². The third-order valence-electron chi connectivity index (χ3n) is 2.33. The van der Waals surface area contributed by atoms with Crippen LogP contribution >= 0.6 is 11.3 Å². The molecule has 0 fully saturated rings. The van der Waals surface area contributed by atoms with Gasteiger partial charge in [-0.3, -0.25) is 0 Å². The van der Waals surface area contributed by atoms with Crippen molar-refractivity contribution in [2.75, 3.05) is 11.9 Å². The van der Waals surface area contributed by atoms with Crippen molar-refractivity contribution >= 4 is 17.3 Å². The van der Waals surface area contributed by atoms with E-state index >= 15 is 0 Å². The predicted octanol–water partition coefficient (Wildman–Crippen LogP) is 2.58. The maximum atomic E-state index is 4.29. The van der Waals surface area contributed by atoms with E-state index in [-0.39, 0.29) is 0 Å². The first kappa shape index (κ1) is 11.1. The van der Waals surface area contributed by atoms with Gasteiger partial charge in [-0.25, -0.2) is 9.97 Å². The molecule has 0 atom stereocenters. The average molecular weight is 236 g/mol. The largest absolute Gasteiger partial charge is 0.355 e. The second-order valence-corrected chi connectivity index (χ2v) is 4.83. The summed E-state index contributed by atoms with van der Waals surface area (Å²) in [6.07, 6.45) is 6.61. The number of nitrogens with one attached hydrogen (secondary N) is 1. The molecule has 2 aromatic heterocycles. The van der Waals surface area contributed by atoms with Crippen LogP contribution in [0.1, 0.15) is 24.9 Å². The molecule has 2 rings (SSSR count). The quantitative estimate of drug-likeness (QED) is 0.867. The third kappa shape index (κ3) is 2.61. The summed E-state index contributed by atoms with van der Waals surface area (Å²) in [7, 11) is 0. The lowest BCUT2D eigenvalue weighted by atomic mass is 10.4. The zero-order chi connectivity index (χ0) is 11.4. The SMILES string of the molecule is CC(C)n1ccnc1NCCc1nccs1. The fraction of sp³-hybridized carbons (Fsp3) is 0.455. The second-order valence-electron chi connectivity index (χ2n) is 3.85. The van der Waals surface area contributed by atoms with Gasteiger partial charge >= 0.3 is 0 Å². The number of rotatable bonds is 5. The highest BCUT2D eigenvalue weighted by Gasteiger charge is 2.04. The minimum absolute atomic E-state index is 0.435. The Kier molecular flexibility index (Phi) is 3.56. The van der Waals surface area contributed by atoms with Crippen molar-refractivity contribution in [2.24, 2.45) is 0 Å². The van der Waals surface area contributed by atoms with Gasteiger partial charge in [0.05, 0.1) is 5.01 Å². The molecule has 0 saturated heterocycles. The molecule has 5 heteroatoms. The lowest BCUT2D eigenvalue weighted by Gasteiger charge is -2.12. The zero-order valence-electron chi connectivity index (χ0n) is 9.55. The molecule has 0 amide bonds. The van der Waals surface area contributed by atoms with Crippen molar-refractivity contribution in [3.05, 3.63) is 29.0 Å². The maximum absolute atomic E-state index is 4.29. The van der Waals surface area contributed by atoms with Crippen molar-refractivity contribution in [3.8, 4) is 0 Å². The standard InChI is InChI=1S/C11H16N4S/c1-9(2)15-7-5-14-11(15)13-4-3-10-12-6-8-16-10/h5-9H,3-4H2,1-2H3,(H,13,14). The highest BCUT2D eigenvalue weighted by molar-refractivity contribution is 7.09. The summed E-state index contributed by atoms with van der Waals surface area (Å²) in [6.45, 7) is 5.17. The monoisotopic (exact) mass is 236 g/mol. The fourth-order valence-electron chi connectivity index (χ4n) is 1.52. The molecule has 0 aromatic carbocycles. The number of hydrogen-bond donors (Lipinski definition) is 1. The van der Waals surface area contributed by atoms with Crippen molar-refractivity contribution in [3.63, 3.8) is 0 Å². The molecule has 0 radical (unpaired) electrons. The van der Waals surface area contributed by atoms with Crippen LogP contribution < -0.4 is 5.32 Å². The molecule has 0 unspecified atom stereocenters. The molecular formula is C11H16N4S. The van der Waals surface area contributed by atoms with Crippen molar-refractivity contribution < 1.29 is 0 Å². The Morgan fingerprint density at radius 1 is 1.38 bits per heavy atom. The smallest absolute Gasteiger partial charge is 0.203 e. The van der Waals surface area contributed by atoms with Gasteiger partial charge in [0.25, 0.3) is 0 Å². The van der Waals surface area contributed by atoms with Gasteiger partial charge < -0.3 is 9.88 Å². The molecule has 2 heterocycles. The zero-order valence-corrected chi connectivity index (χ0v) is 10.4. The molecule has 0 aliphatic carbocycles. The van der Waals surface area contributed by atoms with Crippen LogP contribution in [0, 0.1) is 0 Å². The van der Waals surface area contributed by atoms with Crippen LogP contribution in [0.5, 0.6) is 0 Å². The van der Waals surface area contributed by atoms with Crippen LogP contribution in [-0.2, 0) is 6.42 Å². The highest BCUT2D eigenvalue weighted by atomic mass is 32.1. The molecule has 0 saturated carbocycles. The van der Waals surface area contributed by atoms with Gasteiger partial charge in [-0.15, -0.1) is 11.3 Å². The maximum Gasteiger partial charge on any atom is 0.203 e. The number of anilines is 1. The van der Waals surface area contributed by atoms with Crippen molar-refractivity contribution in [1.29, 1.82) is 0 Å². The van der Waals surface area contributed by atoms with Crippen LogP contribution in [0.3, 0.4) is 0 Å². The van der Waals surface area contributed by atoms with E-state index in [9.17, 15) is 0 Å². The van der Waals surface area contributed by atoms with Crippen LogP contribution in [0.2, 0.25) is 0 Å². The Morgan fingerprint density at radius 3 is 2.94 bits per heavy atom. The Balaban J connectivity index is 1.87. The summed E-state index contributed by atoms with van der Waals surface area (Å²) in [5.41, 5.74) is 0. The minimum atomic E-state index is 0.435. The van der Waals surface area contributed by atoms with Crippen LogP contribution in [-0.4, -0.2) is 21.1 Å². The van der Waals surface area contributed by atoms with E-state index in [0.717, 1.165) is 23.9 Å². The molecule has 2 aromatic rings. The van der Waals surface area contributed by atoms with Gasteiger partial charge in [0.2, 0.25) is 5.95 Å². The van der Waals surface area contributed by atoms with Crippen LogP contribution in [0.25, 0.3) is 0 Å². The van der Waals surface area contributed by atoms with E-state index in [2.05, 4.69) is 33.7 Å². The summed E-state index contributed by atoms with van der Waals surface area (Å²) in [4.78, 5) is 8.54. The summed E-state index contributed by atoms with van der Waals surface area (Å²) < 4.78 is 2.13. The molecule has 0 aliphatic heterocycles. The molecule has 0 bridgehead atoms. The summed E-state index contributed by atoms with van der Waals surface area (Å²) in [6, 6.07) is 0.435. The van der Waals surface area contributed by atoms with Crippen LogP contribution in [0.15, 0.2) is 24.0 Å².